The van der Waals surface area contributed by atoms with Gasteiger partial charge in [0.25, 0.3) is 0 Å². The molecule has 112 valence electrons. The molecule has 0 aliphatic heterocycles. The molecule has 0 aromatic heterocycles. The molecule has 4 nitrogen and oxygen atoms in total. The van der Waals surface area contributed by atoms with Crippen molar-refractivity contribution in [3.8, 4) is 0 Å². The summed E-state index contributed by atoms with van der Waals surface area (Å²) in [5.41, 5.74) is -0.652. The molecule has 0 atom stereocenters. The summed E-state index contributed by atoms with van der Waals surface area (Å²) >= 11 is 4.60. The van der Waals surface area contributed by atoms with Crippen LogP contribution in [-0.4, -0.2) is 36.8 Å². The lowest BCUT2D eigenvalue weighted by atomic mass is 10.2. The van der Waals surface area contributed by atoms with E-state index in [2.05, 4.69) is 15.9 Å². The number of carbonyl (C=O) groups is 1. The molecular weight excluding hydrogens is 371 g/mol. The molecule has 0 aliphatic carbocycles. The normalized spacial score (nSPS) is 11.6. The Hall–Kier alpha value is -0.600. The van der Waals surface area contributed by atoms with Crippen molar-refractivity contribution in [1.29, 1.82) is 0 Å². The summed E-state index contributed by atoms with van der Waals surface area (Å²) in [4.78, 5) is 10.3. The fourth-order valence-electron chi connectivity index (χ4n) is 1.55. The second kappa shape index (κ2) is 7.42. The van der Waals surface area contributed by atoms with Gasteiger partial charge in [-0.3, -0.25) is 0 Å². The summed E-state index contributed by atoms with van der Waals surface area (Å²) in [5.74, 6) is -1.36. The molecule has 0 aliphatic rings. The fourth-order valence-corrected chi connectivity index (χ4v) is 4.41. The zero-order valence-corrected chi connectivity index (χ0v) is 13.9. The minimum absolute atomic E-state index is 0.202. The summed E-state index contributed by atoms with van der Waals surface area (Å²) < 4.78 is 38.4. The Morgan fingerprint density at radius 3 is 2.65 bits per heavy atom. The monoisotopic (exact) mass is 384 g/mol. The molecular formula is C12H14BrFO4S2. The van der Waals surface area contributed by atoms with E-state index in [4.69, 9.17) is 5.11 Å². The van der Waals surface area contributed by atoms with Gasteiger partial charge in [-0.25, -0.2) is 17.6 Å². The first-order chi connectivity index (χ1) is 9.29. The van der Waals surface area contributed by atoms with Crippen molar-refractivity contribution in [3.05, 3.63) is 28.0 Å². The van der Waals surface area contributed by atoms with Crippen molar-refractivity contribution < 1.29 is 22.7 Å². The van der Waals surface area contributed by atoms with Crippen LogP contribution in [0.15, 0.2) is 21.5 Å². The van der Waals surface area contributed by atoms with Crippen LogP contribution >= 0.6 is 27.7 Å². The van der Waals surface area contributed by atoms with Crippen molar-refractivity contribution in [2.75, 3.05) is 17.3 Å². The minimum atomic E-state index is -3.83. The molecule has 1 aromatic rings. The van der Waals surface area contributed by atoms with Gasteiger partial charge >= 0.3 is 5.97 Å². The third-order valence-electron chi connectivity index (χ3n) is 2.48. The third-order valence-corrected chi connectivity index (χ3v) is 5.71. The summed E-state index contributed by atoms with van der Waals surface area (Å²) in [7, 11) is -3.83. The summed E-state index contributed by atoms with van der Waals surface area (Å²) in [6.45, 7) is 1.96. The number of halogens is 2. The number of hydrogen-bond donors (Lipinski definition) is 1. The Labute approximate surface area is 129 Å². The van der Waals surface area contributed by atoms with E-state index in [1.807, 2.05) is 6.92 Å². The Morgan fingerprint density at radius 1 is 1.45 bits per heavy atom. The number of rotatable bonds is 7. The Balaban J connectivity index is 3.09. The maximum absolute atomic E-state index is 14.0. The van der Waals surface area contributed by atoms with E-state index in [-0.39, 0.29) is 10.2 Å². The zero-order chi connectivity index (χ0) is 15.3. The van der Waals surface area contributed by atoms with Crippen LogP contribution in [0.1, 0.15) is 23.7 Å². The molecule has 1 aromatic carbocycles. The first-order valence-corrected chi connectivity index (χ1v) is 9.42. The summed E-state index contributed by atoms with van der Waals surface area (Å²) in [6, 6.07) is 2.15. The van der Waals surface area contributed by atoms with E-state index < -0.39 is 32.1 Å². The Morgan fingerprint density at radius 2 is 2.10 bits per heavy atom. The average Bonchev–Trinajstić information content (AvgIpc) is 2.36. The summed E-state index contributed by atoms with van der Waals surface area (Å²) in [6.07, 6.45) is 0.398. The highest BCUT2D eigenvalue weighted by Gasteiger charge is 2.24. The Kier molecular flexibility index (Phi) is 6.47. The zero-order valence-electron chi connectivity index (χ0n) is 10.7. The van der Waals surface area contributed by atoms with E-state index >= 15 is 0 Å². The highest BCUT2D eigenvalue weighted by atomic mass is 79.9. The number of sulfone groups is 1. The molecule has 0 unspecified atom stereocenters. The molecule has 0 radical (unpaired) electrons. The van der Waals surface area contributed by atoms with Crippen LogP contribution in [0.25, 0.3) is 0 Å². The molecule has 1 N–H and O–H groups in total. The van der Waals surface area contributed by atoms with Gasteiger partial charge in [0.1, 0.15) is 4.90 Å². The number of aromatic carboxylic acids is 1. The average molecular weight is 385 g/mol. The van der Waals surface area contributed by atoms with Crippen LogP contribution in [-0.2, 0) is 9.84 Å². The third kappa shape index (κ3) is 4.46. The van der Waals surface area contributed by atoms with E-state index in [1.165, 1.54) is 0 Å². The van der Waals surface area contributed by atoms with Gasteiger partial charge in [-0.2, -0.15) is 11.8 Å². The van der Waals surface area contributed by atoms with Crippen molar-refractivity contribution >= 4 is 43.5 Å². The lowest BCUT2D eigenvalue weighted by Crippen LogP contribution is -2.13. The van der Waals surface area contributed by atoms with Crippen LogP contribution in [0.5, 0.6) is 0 Å². The number of carboxylic acid groups (broad SMARTS) is 1. The SMILES string of the molecule is CCSCCCS(=O)(=O)c1cc(Br)cc(C(=O)O)c1F. The number of thioether (sulfide) groups is 1. The summed E-state index contributed by atoms with van der Waals surface area (Å²) in [5, 5.41) is 8.87. The molecule has 0 fully saturated rings. The molecule has 0 bridgehead atoms. The predicted molar refractivity (Wildman–Crippen MR) is 80.7 cm³/mol. The highest BCUT2D eigenvalue weighted by Crippen LogP contribution is 2.25. The molecule has 0 heterocycles. The topological polar surface area (TPSA) is 71.4 Å². The van der Waals surface area contributed by atoms with E-state index in [9.17, 15) is 17.6 Å². The lowest BCUT2D eigenvalue weighted by Gasteiger charge is -2.08. The van der Waals surface area contributed by atoms with Crippen molar-refractivity contribution in [2.45, 2.75) is 18.2 Å². The Bertz CT molecular complexity index is 602. The van der Waals surface area contributed by atoms with Gasteiger partial charge in [-0.15, -0.1) is 0 Å². The van der Waals surface area contributed by atoms with Gasteiger partial charge in [0, 0.05) is 4.47 Å². The van der Waals surface area contributed by atoms with E-state index in [0.717, 1.165) is 17.9 Å². The van der Waals surface area contributed by atoms with Gasteiger partial charge in [-0.1, -0.05) is 22.9 Å². The van der Waals surface area contributed by atoms with Crippen molar-refractivity contribution in [2.24, 2.45) is 0 Å². The number of carboxylic acids is 1. The highest BCUT2D eigenvalue weighted by molar-refractivity contribution is 9.10. The van der Waals surface area contributed by atoms with Gasteiger partial charge in [0.2, 0.25) is 0 Å². The molecule has 0 saturated heterocycles. The molecule has 20 heavy (non-hydrogen) atoms. The largest absolute Gasteiger partial charge is 0.478 e. The van der Waals surface area contributed by atoms with E-state index in [1.54, 1.807) is 11.8 Å². The second-order valence-electron chi connectivity index (χ2n) is 3.94. The van der Waals surface area contributed by atoms with Gasteiger partial charge in [0.05, 0.1) is 11.3 Å². The van der Waals surface area contributed by atoms with Crippen LogP contribution in [0.4, 0.5) is 4.39 Å². The van der Waals surface area contributed by atoms with E-state index in [0.29, 0.717) is 12.2 Å². The molecule has 8 heteroatoms. The standard InChI is InChI=1S/C12H14BrFO4S2/c1-2-19-4-3-5-20(17,18)10-7-8(13)6-9(11(10)14)12(15)16/h6-7H,2-5H2,1H3,(H,15,16). The van der Waals surface area contributed by atoms with Crippen LogP contribution in [0, 0.1) is 5.82 Å². The van der Waals surface area contributed by atoms with Gasteiger partial charge in [0.15, 0.2) is 15.7 Å². The lowest BCUT2D eigenvalue weighted by molar-refractivity contribution is 0.0691. The number of hydrogen-bond acceptors (Lipinski definition) is 4. The smallest absolute Gasteiger partial charge is 0.338 e. The predicted octanol–water partition coefficient (Wildman–Crippen LogP) is 3.20. The maximum atomic E-state index is 14.0. The molecule has 0 amide bonds. The van der Waals surface area contributed by atoms with Gasteiger partial charge in [-0.05, 0) is 30.1 Å². The second-order valence-corrected chi connectivity index (χ2v) is 8.33. The first kappa shape index (κ1) is 17.5. The van der Waals surface area contributed by atoms with Gasteiger partial charge < -0.3 is 5.11 Å². The maximum Gasteiger partial charge on any atom is 0.338 e. The van der Waals surface area contributed by atoms with Crippen molar-refractivity contribution in [1.82, 2.24) is 0 Å². The van der Waals surface area contributed by atoms with Crippen LogP contribution in [0.2, 0.25) is 0 Å². The fraction of sp³-hybridized carbons (Fsp3) is 0.417. The van der Waals surface area contributed by atoms with Crippen molar-refractivity contribution in [3.63, 3.8) is 0 Å². The molecule has 0 spiro atoms. The quantitative estimate of drug-likeness (QED) is 0.730. The van der Waals surface area contributed by atoms with Crippen LogP contribution in [0.3, 0.4) is 0 Å². The first-order valence-electron chi connectivity index (χ1n) is 5.82. The number of benzene rings is 1. The molecule has 0 saturated carbocycles. The molecule has 1 rings (SSSR count). The van der Waals surface area contributed by atoms with Crippen LogP contribution < -0.4 is 0 Å². The minimum Gasteiger partial charge on any atom is -0.478 e.